The molecule has 1 saturated heterocycles. The summed E-state index contributed by atoms with van der Waals surface area (Å²) in [7, 11) is 2.30. The number of carbonyl (C=O) groups excluding carboxylic acids is 1. The number of quaternary nitrogens is 1. The molecule has 1 aromatic carbocycles. The molecule has 0 radical (unpaired) electrons. The zero-order valence-corrected chi connectivity index (χ0v) is 17.7. The summed E-state index contributed by atoms with van der Waals surface area (Å²) in [5.41, 5.74) is 3.35. The van der Waals surface area contributed by atoms with Gasteiger partial charge in [0.2, 0.25) is 5.91 Å². The van der Waals surface area contributed by atoms with E-state index in [0.29, 0.717) is 0 Å². The molecule has 1 aromatic rings. The van der Waals surface area contributed by atoms with Crippen molar-refractivity contribution in [2.45, 2.75) is 39.3 Å². The number of rotatable bonds is 8. The molecule has 0 spiro atoms. The Bertz CT molecular complexity index is 723. The Balaban J connectivity index is 2.10. The molecule has 150 valence electrons. The molecule has 1 fully saturated rings. The molecule has 0 saturated carbocycles. The zero-order valence-electron chi connectivity index (χ0n) is 17.7. The van der Waals surface area contributed by atoms with Crippen LogP contribution in [0, 0.1) is 5.92 Å². The molecule has 1 aliphatic rings. The second-order valence-corrected chi connectivity index (χ2v) is 8.24. The van der Waals surface area contributed by atoms with Crippen LogP contribution in [0.1, 0.15) is 32.3 Å². The molecule has 2 rings (SSSR count). The lowest BCUT2D eigenvalue weighted by Crippen LogP contribution is -2.57. The standard InChI is InChI=1S/C25H34N2O/c1-6-12-20(3)24(21(4)13-7-2)25(28)26-23-16-11-17-27(5,19-23)18-22-14-9-8-10-15-22/h6-10,12-15,23-24H,1-2,11,16-19H2,3-5H3/p+1. The summed E-state index contributed by atoms with van der Waals surface area (Å²) in [6.07, 6.45) is 9.48. The second-order valence-electron chi connectivity index (χ2n) is 8.24. The van der Waals surface area contributed by atoms with Crippen molar-refractivity contribution in [3.8, 4) is 0 Å². The minimum Gasteiger partial charge on any atom is -0.347 e. The van der Waals surface area contributed by atoms with Crippen LogP contribution < -0.4 is 5.32 Å². The van der Waals surface area contributed by atoms with E-state index in [9.17, 15) is 4.79 Å². The van der Waals surface area contributed by atoms with E-state index < -0.39 is 0 Å². The van der Waals surface area contributed by atoms with Crippen molar-refractivity contribution in [1.82, 2.24) is 5.32 Å². The average molecular weight is 380 g/mol. The van der Waals surface area contributed by atoms with Crippen molar-refractivity contribution in [2.24, 2.45) is 5.92 Å². The fraction of sp³-hybridized carbons (Fsp3) is 0.400. The van der Waals surface area contributed by atoms with E-state index in [1.54, 1.807) is 12.2 Å². The number of benzene rings is 1. The normalized spacial score (nSPS) is 24.3. The Morgan fingerprint density at radius 1 is 1.18 bits per heavy atom. The lowest BCUT2D eigenvalue weighted by Gasteiger charge is -2.42. The number of hydrogen-bond acceptors (Lipinski definition) is 1. The molecule has 1 amide bonds. The lowest BCUT2D eigenvalue weighted by atomic mass is 9.90. The van der Waals surface area contributed by atoms with Gasteiger partial charge in [0.25, 0.3) is 0 Å². The van der Waals surface area contributed by atoms with Crippen LogP contribution in [0.5, 0.6) is 0 Å². The number of hydrogen-bond donors (Lipinski definition) is 1. The van der Waals surface area contributed by atoms with Gasteiger partial charge in [0.15, 0.2) is 0 Å². The maximum atomic E-state index is 13.1. The molecule has 2 atom stereocenters. The van der Waals surface area contributed by atoms with Gasteiger partial charge in [-0.05, 0) is 26.7 Å². The summed E-state index contributed by atoms with van der Waals surface area (Å²) in [5, 5.41) is 3.33. The summed E-state index contributed by atoms with van der Waals surface area (Å²) < 4.78 is 0.961. The molecule has 0 aliphatic carbocycles. The molecule has 1 heterocycles. The van der Waals surface area contributed by atoms with E-state index in [1.807, 2.05) is 26.0 Å². The fourth-order valence-corrected chi connectivity index (χ4v) is 4.34. The molecule has 1 aliphatic heterocycles. The van der Waals surface area contributed by atoms with Crippen molar-refractivity contribution < 1.29 is 9.28 Å². The molecule has 2 unspecified atom stereocenters. The molecule has 1 N–H and O–H groups in total. The van der Waals surface area contributed by atoms with Crippen molar-refractivity contribution in [1.29, 1.82) is 0 Å². The van der Waals surface area contributed by atoms with Crippen molar-refractivity contribution in [2.75, 3.05) is 20.1 Å². The number of nitrogens with one attached hydrogen (secondary N) is 1. The molecule has 28 heavy (non-hydrogen) atoms. The van der Waals surface area contributed by atoms with Gasteiger partial charge in [0, 0.05) is 5.56 Å². The molecule has 0 aromatic heterocycles. The van der Waals surface area contributed by atoms with Gasteiger partial charge in [0.05, 0.1) is 32.1 Å². The molecule has 3 nitrogen and oxygen atoms in total. The number of nitrogens with zero attached hydrogens (tertiary/aromatic N) is 1. The van der Waals surface area contributed by atoms with Crippen LogP contribution in [0.25, 0.3) is 0 Å². The number of likely N-dealkylation sites (tertiary alicyclic amines) is 1. The number of piperidine rings is 1. The first-order valence-corrected chi connectivity index (χ1v) is 10.1. The van der Waals surface area contributed by atoms with Gasteiger partial charge in [-0.15, -0.1) is 0 Å². The van der Waals surface area contributed by atoms with Gasteiger partial charge in [-0.25, -0.2) is 0 Å². The molecule has 0 bridgehead atoms. The highest BCUT2D eigenvalue weighted by Gasteiger charge is 2.33. The maximum absolute atomic E-state index is 13.1. The highest BCUT2D eigenvalue weighted by molar-refractivity contribution is 5.84. The van der Waals surface area contributed by atoms with Gasteiger partial charge >= 0.3 is 0 Å². The van der Waals surface area contributed by atoms with E-state index in [1.165, 1.54) is 5.56 Å². The van der Waals surface area contributed by atoms with Crippen LogP contribution in [0.4, 0.5) is 0 Å². The minimum absolute atomic E-state index is 0.0735. The molecular weight excluding hydrogens is 344 g/mol. The molecular formula is C25H35N2O+. The first kappa shape index (κ1) is 21.9. The van der Waals surface area contributed by atoms with Crippen LogP contribution in [0.15, 0.2) is 78.9 Å². The largest absolute Gasteiger partial charge is 0.347 e. The smallest absolute Gasteiger partial charge is 0.231 e. The topological polar surface area (TPSA) is 29.1 Å². The third-order valence-electron chi connectivity index (χ3n) is 5.60. The minimum atomic E-state index is -0.272. The Morgan fingerprint density at radius 2 is 1.79 bits per heavy atom. The number of carbonyl (C=O) groups is 1. The van der Waals surface area contributed by atoms with E-state index in [-0.39, 0.29) is 17.9 Å². The third kappa shape index (κ3) is 6.07. The summed E-state index contributed by atoms with van der Waals surface area (Å²) in [4.78, 5) is 13.1. The van der Waals surface area contributed by atoms with E-state index in [0.717, 1.165) is 48.1 Å². The first-order chi connectivity index (χ1) is 13.4. The summed E-state index contributed by atoms with van der Waals surface area (Å²) in [5.74, 6) is -0.199. The van der Waals surface area contributed by atoms with Gasteiger partial charge in [-0.2, -0.15) is 0 Å². The second kappa shape index (κ2) is 10.2. The fourth-order valence-electron chi connectivity index (χ4n) is 4.34. The molecule has 3 heteroatoms. The van der Waals surface area contributed by atoms with Crippen LogP contribution >= 0.6 is 0 Å². The van der Waals surface area contributed by atoms with E-state index in [2.05, 4.69) is 55.9 Å². The summed E-state index contributed by atoms with van der Waals surface area (Å²) >= 11 is 0. The average Bonchev–Trinajstić information content (AvgIpc) is 2.62. The summed E-state index contributed by atoms with van der Waals surface area (Å²) in [6, 6.07) is 10.8. The van der Waals surface area contributed by atoms with Crippen LogP contribution in [-0.2, 0) is 11.3 Å². The van der Waals surface area contributed by atoms with Gasteiger partial charge in [-0.3, -0.25) is 4.79 Å². The highest BCUT2D eigenvalue weighted by Crippen LogP contribution is 2.24. The van der Waals surface area contributed by atoms with E-state index >= 15 is 0 Å². The highest BCUT2D eigenvalue weighted by atomic mass is 16.2. The Kier molecular flexibility index (Phi) is 8.01. The number of allylic oxidation sites excluding steroid dienone is 4. The quantitative estimate of drug-likeness (QED) is 0.510. The predicted octanol–water partition coefficient (Wildman–Crippen LogP) is 4.79. The lowest BCUT2D eigenvalue weighted by molar-refractivity contribution is -0.927. The van der Waals surface area contributed by atoms with Gasteiger partial charge in [0.1, 0.15) is 6.54 Å². The van der Waals surface area contributed by atoms with Gasteiger partial charge in [-0.1, -0.05) is 78.9 Å². The van der Waals surface area contributed by atoms with Crippen molar-refractivity contribution >= 4 is 5.91 Å². The van der Waals surface area contributed by atoms with E-state index in [4.69, 9.17) is 0 Å². The van der Waals surface area contributed by atoms with Gasteiger partial charge < -0.3 is 9.80 Å². The number of likely N-dealkylation sites (N-methyl/N-ethyl adjacent to an activating group) is 1. The predicted molar refractivity (Wildman–Crippen MR) is 119 cm³/mol. The monoisotopic (exact) mass is 379 g/mol. The third-order valence-corrected chi connectivity index (χ3v) is 5.60. The Hall–Kier alpha value is -2.39. The zero-order chi connectivity index (χ0) is 20.6. The first-order valence-electron chi connectivity index (χ1n) is 10.1. The van der Waals surface area contributed by atoms with Crippen molar-refractivity contribution in [3.05, 3.63) is 84.5 Å². The Labute approximate surface area is 170 Å². The number of amides is 1. The van der Waals surface area contributed by atoms with Crippen molar-refractivity contribution in [3.63, 3.8) is 0 Å². The van der Waals surface area contributed by atoms with Crippen LogP contribution in [0.2, 0.25) is 0 Å². The SMILES string of the molecule is C=CC=C(C)C(C(=O)NC1CCC[N+](C)(Cc2ccccc2)C1)C(C)=CC=C. The van der Waals surface area contributed by atoms with Crippen LogP contribution in [-0.4, -0.2) is 36.6 Å². The maximum Gasteiger partial charge on any atom is 0.231 e. The Morgan fingerprint density at radius 3 is 2.36 bits per heavy atom. The summed E-state index contributed by atoms with van der Waals surface area (Å²) in [6.45, 7) is 14.6. The van der Waals surface area contributed by atoms with Crippen LogP contribution in [0.3, 0.4) is 0 Å².